The molecule has 1 aliphatic heterocycles. The lowest BCUT2D eigenvalue weighted by Gasteiger charge is -2.39. The van der Waals surface area contributed by atoms with Gasteiger partial charge in [0, 0.05) is 19.1 Å². The number of halogens is 1. The number of pyridine rings is 1. The Hall–Kier alpha value is -0.800. The Morgan fingerprint density at radius 2 is 2.24 bits per heavy atom. The Labute approximate surface area is 108 Å². The van der Waals surface area contributed by atoms with E-state index in [0.717, 1.165) is 18.1 Å². The maximum absolute atomic E-state index is 6.04. The number of nitrogens with zero attached hydrogens (tertiary/aromatic N) is 2. The third-order valence-corrected chi connectivity index (χ3v) is 4.11. The molecule has 0 amide bonds. The molecule has 2 atom stereocenters. The zero-order chi connectivity index (χ0) is 12.4. The van der Waals surface area contributed by atoms with Gasteiger partial charge in [0.15, 0.2) is 0 Å². The van der Waals surface area contributed by atoms with E-state index in [0.29, 0.717) is 23.5 Å². The highest BCUT2D eigenvalue weighted by Gasteiger charge is 2.25. The summed E-state index contributed by atoms with van der Waals surface area (Å²) in [4.78, 5) is 6.93. The largest absolute Gasteiger partial charge is 0.354 e. The van der Waals surface area contributed by atoms with Gasteiger partial charge in [-0.2, -0.15) is 0 Å². The van der Waals surface area contributed by atoms with Gasteiger partial charge in [0.05, 0.1) is 10.7 Å². The first-order valence-corrected chi connectivity index (χ1v) is 6.63. The average molecular weight is 254 g/mol. The molecular weight excluding hydrogens is 234 g/mol. The third-order valence-electron chi connectivity index (χ3n) is 3.77. The van der Waals surface area contributed by atoms with Gasteiger partial charge in [0.1, 0.15) is 5.82 Å². The third kappa shape index (κ3) is 2.55. The quantitative estimate of drug-likeness (QED) is 0.881. The summed E-state index contributed by atoms with van der Waals surface area (Å²) in [6.07, 6.45) is 2.53. The summed E-state index contributed by atoms with van der Waals surface area (Å²) in [6.45, 7) is 6.04. The van der Waals surface area contributed by atoms with Crippen molar-refractivity contribution in [1.29, 1.82) is 0 Å². The monoisotopic (exact) mass is 253 g/mol. The molecule has 2 rings (SSSR count). The molecule has 2 N–H and O–H groups in total. The minimum absolute atomic E-state index is 0.393. The van der Waals surface area contributed by atoms with Gasteiger partial charge in [-0.15, -0.1) is 0 Å². The van der Waals surface area contributed by atoms with Crippen LogP contribution in [0.3, 0.4) is 0 Å². The Balaban J connectivity index is 2.27. The van der Waals surface area contributed by atoms with Gasteiger partial charge in [-0.1, -0.05) is 18.5 Å². The first kappa shape index (κ1) is 12.7. The summed E-state index contributed by atoms with van der Waals surface area (Å²) in [5.41, 5.74) is 6.43. The number of piperidine rings is 1. The van der Waals surface area contributed by atoms with Crippen molar-refractivity contribution in [3.8, 4) is 0 Å². The average Bonchev–Trinajstić information content (AvgIpc) is 2.34. The van der Waals surface area contributed by atoms with Crippen molar-refractivity contribution < 1.29 is 0 Å². The zero-order valence-electron chi connectivity index (χ0n) is 10.5. The van der Waals surface area contributed by atoms with Crippen LogP contribution in [0.15, 0.2) is 12.1 Å². The molecule has 1 aromatic rings. The molecule has 0 spiro atoms. The van der Waals surface area contributed by atoms with Crippen LogP contribution in [0, 0.1) is 5.92 Å². The van der Waals surface area contributed by atoms with Crippen LogP contribution in [0.5, 0.6) is 0 Å². The Morgan fingerprint density at radius 3 is 2.94 bits per heavy atom. The highest BCUT2D eigenvalue weighted by Crippen LogP contribution is 2.28. The van der Waals surface area contributed by atoms with Crippen molar-refractivity contribution in [2.75, 3.05) is 11.4 Å². The topological polar surface area (TPSA) is 42.1 Å². The van der Waals surface area contributed by atoms with E-state index in [-0.39, 0.29) is 0 Å². The van der Waals surface area contributed by atoms with Gasteiger partial charge in [-0.3, -0.25) is 0 Å². The Kier molecular flexibility index (Phi) is 3.89. The second-order valence-corrected chi connectivity index (χ2v) is 5.26. The van der Waals surface area contributed by atoms with E-state index in [9.17, 15) is 0 Å². The molecule has 94 valence electrons. The first-order valence-electron chi connectivity index (χ1n) is 6.25. The van der Waals surface area contributed by atoms with E-state index < -0.39 is 0 Å². The van der Waals surface area contributed by atoms with Crippen LogP contribution >= 0.6 is 11.6 Å². The van der Waals surface area contributed by atoms with Crippen molar-refractivity contribution in [3.63, 3.8) is 0 Å². The van der Waals surface area contributed by atoms with Gasteiger partial charge >= 0.3 is 0 Å². The summed E-state index contributed by atoms with van der Waals surface area (Å²) < 4.78 is 0. The number of rotatable bonds is 2. The summed E-state index contributed by atoms with van der Waals surface area (Å²) in [5.74, 6) is 1.72. The van der Waals surface area contributed by atoms with Crippen LogP contribution in [0.2, 0.25) is 5.02 Å². The highest BCUT2D eigenvalue weighted by atomic mass is 35.5. The fraction of sp³-hybridized carbons (Fsp3) is 0.615. The van der Waals surface area contributed by atoms with Crippen molar-refractivity contribution in [1.82, 2.24) is 4.98 Å². The smallest absolute Gasteiger partial charge is 0.129 e. The lowest BCUT2D eigenvalue weighted by atomic mass is 9.92. The van der Waals surface area contributed by atoms with Crippen molar-refractivity contribution in [2.45, 2.75) is 39.3 Å². The van der Waals surface area contributed by atoms with E-state index in [4.69, 9.17) is 17.3 Å². The van der Waals surface area contributed by atoms with Crippen molar-refractivity contribution in [3.05, 3.63) is 22.8 Å². The number of hydrogen-bond donors (Lipinski definition) is 1. The minimum Gasteiger partial charge on any atom is -0.354 e. The van der Waals surface area contributed by atoms with Crippen LogP contribution in [0.4, 0.5) is 5.82 Å². The molecule has 0 radical (unpaired) electrons. The Bertz CT molecular complexity index is 394. The molecule has 0 saturated carbocycles. The number of nitrogens with two attached hydrogens (primary N) is 1. The molecule has 0 aliphatic carbocycles. The van der Waals surface area contributed by atoms with Crippen LogP contribution in [-0.4, -0.2) is 17.6 Å². The Morgan fingerprint density at radius 1 is 1.47 bits per heavy atom. The molecule has 2 unspecified atom stereocenters. The predicted molar refractivity (Wildman–Crippen MR) is 72.3 cm³/mol. The molecule has 1 aromatic heterocycles. The second kappa shape index (κ2) is 5.23. The molecule has 3 nitrogen and oxygen atoms in total. The van der Waals surface area contributed by atoms with Gasteiger partial charge in [0.2, 0.25) is 0 Å². The van der Waals surface area contributed by atoms with Crippen LogP contribution in [0.1, 0.15) is 32.4 Å². The molecule has 1 aliphatic rings. The lowest BCUT2D eigenvalue weighted by Crippen LogP contribution is -2.43. The molecule has 4 heteroatoms. The van der Waals surface area contributed by atoms with Crippen molar-refractivity contribution >= 4 is 17.4 Å². The fourth-order valence-electron chi connectivity index (χ4n) is 2.43. The normalized spacial score (nSPS) is 25.1. The number of anilines is 1. The van der Waals surface area contributed by atoms with E-state index in [1.165, 1.54) is 12.8 Å². The second-order valence-electron chi connectivity index (χ2n) is 4.86. The molecule has 0 bridgehead atoms. The lowest BCUT2D eigenvalue weighted by molar-refractivity contribution is 0.361. The number of hydrogen-bond acceptors (Lipinski definition) is 3. The summed E-state index contributed by atoms with van der Waals surface area (Å²) in [6, 6.07) is 4.43. The molecule has 1 fully saturated rings. The van der Waals surface area contributed by atoms with Crippen molar-refractivity contribution in [2.24, 2.45) is 11.7 Å². The van der Waals surface area contributed by atoms with Gasteiger partial charge in [0.25, 0.3) is 0 Å². The van der Waals surface area contributed by atoms with Crippen LogP contribution < -0.4 is 10.6 Å². The minimum atomic E-state index is 0.393. The van der Waals surface area contributed by atoms with Gasteiger partial charge in [-0.05, 0) is 37.8 Å². The van der Waals surface area contributed by atoms with Crippen LogP contribution in [-0.2, 0) is 6.54 Å². The maximum Gasteiger partial charge on any atom is 0.129 e. The molecule has 1 saturated heterocycles. The maximum atomic E-state index is 6.04. The SMILES string of the molecule is CC1CCCN(c2ccc(Cl)c(CN)n2)C1C. The van der Waals surface area contributed by atoms with E-state index >= 15 is 0 Å². The fourth-order valence-corrected chi connectivity index (χ4v) is 2.62. The van der Waals surface area contributed by atoms with E-state index in [2.05, 4.69) is 23.7 Å². The van der Waals surface area contributed by atoms with Crippen LogP contribution in [0.25, 0.3) is 0 Å². The first-order chi connectivity index (χ1) is 8.13. The predicted octanol–water partition coefficient (Wildman–Crippen LogP) is 2.82. The zero-order valence-corrected chi connectivity index (χ0v) is 11.2. The van der Waals surface area contributed by atoms with E-state index in [1.807, 2.05) is 12.1 Å². The molecule has 17 heavy (non-hydrogen) atoms. The standard InChI is InChI=1S/C13H20ClN3/c1-9-4-3-7-17(10(9)2)13-6-5-11(14)12(8-15)16-13/h5-6,9-10H,3-4,7-8,15H2,1-2H3. The summed E-state index contributed by atoms with van der Waals surface area (Å²) in [7, 11) is 0. The highest BCUT2D eigenvalue weighted by molar-refractivity contribution is 6.31. The van der Waals surface area contributed by atoms with Gasteiger partial charge < -0.3 is 10.6 Å². The molecule has 2 heterocycles. The number of aromatic nitrogens is 1. The van der Waals surface area contributed by atoms with E-state index in [1.54, 1.807) is 0 Å². The van der Waals surface area contributed by atoms with Gasteiger partial charge in [-0.25, -0.2) is 4.98 Å². The molecular formula is C13H20ClN3. The summed E-state index contributed by atoms with van der Waals surface area (Å²) >= 11 is 6.04. The molecule has 0 aromatic carbocycles. The summed E-state index contributed by atoms with van der Waals surface area (Å²) in [5, 5.41) is 0.661.